The zero-order chi connectivity index (χ0) is 11.9. The Morgan fingerprint density at radius 3 is 1.38 bits per heavy atom. The van der Waals surface area contributed by atoms with Crippen LogP contribution in [-0.2, 0) is 0 Å². The van der Waals surface area contributed by atoms with Crippen molar-refractivity contribution in [3.63, 3.8) is 0 Å². The third kappa shape index (κ3) is 12.2. The molecule has 0 unspecified atom stereocenters. The zero-order valence-electron chi connectivity index (χ0n) is 9.79. The van der Waals surface area contributed by atoms with E-state index in [2.05, 4.69) is 13.0 Å². The van der Waals surface area contributed by atoms with Crippen molar-refractivity contribution in [2.75, 3.05) is 0 Å². The van der Waals surface area contributed by atoms with E-state index < -0.39 is 0 Å². The first-order valence-corrected chi connectivity index (χ1v) is 5.45. The summed E-state index contributed by atoms with van der Waals surface area (Å²) in [5.74, 6) is 0. The third-order valence-electron chi connectivity index (χ3n) is 1.59. The maximum Gasteiger partial charge on any atom is -0.0376 e. The smallest absolute Gasteiger partial charge is 0.0376 e. The Bertz CT molecular complexity index is 320. The SMILES string of the molecule is [CH]=C/C=C/C=C/C=C/C=C/C=C/C=C/CC. The summed E-state index contributed by atoms with van der Waals surface area (Å²) in [5, 5.41) is 0. The largest absolute Gasteiger partial charge is 0.0848 e. The molecule has 0 aliphatic carbocycles. The quantitative estimate of drug-likeness (QED) is 0.534. The van der Waals surface area contributed by atoms with Gasteiger partial charge in [-0.1, -0.05) is 92.5 Å². The highest BCUT2D eigenvalue weighted by Crippen LogP contribution is 1.85. The molecular formula is C16H19. The molecular weight excluding hydrogens is 192 g/mol. The standard InChI is InChI=1S/C16H19/c1-3-5-7-9-11-13-15-16-14-12-10-8-6-4-2/h1,3,5-16H,4H2,2H3/b3-1?,7-5+,8-6+,11-9+,12-10+,15-13+,16-14+. The van der Waals surface area contributed by atoms with E-state index in [0.717, 1.165) is 6.42 Å². The van der Waals surface area contributed by atoms with Gasteiger partial charge in [-0.05, 0) is 6.42 Å². The molecule has 0 bridgehead atoms. The fourth-order valence-corrected chi connectivity index (χ4v) is 0.856. The number of hydrogen-bond acceptors (Lipinski definition) is 0. The molecule has 0 N–H and O–H groups in total. The van der Waals surface area contributed by atoms with Gasteiger partial charge in [-0.15, -0.1) is 0 Å². The Labute approximate surface area is 99.4 Å². The van der Waals surface area contributed by atoms with Gasteiger partial charge in [-0.2, -0.15) is 0 Å². The van der Waals surface area contributed by atoms with Crippen molar-refractivity contribution >= 4 is 0 Å². The molecule has 0 fully saturated rings. The Morgan fingerprint density at radius 2 is 1.00 bits per heavy atom. The lowest BCUT2D eigenvalue weighted by Crippen LogP contribution is -1.53. The molecule has 83 valence electrons. The van der Waals surface area contributed by atoms with E-state index in [9.17, 15) is 0 Å². The van der Waals surface area contributed by atoms with E-state index >= 15 is 0 Å². The van der Waals surface area contributed by atoms with Crippen LogP contribution >= 0.6 is 0 Å². The fourth-order valence-electron chi connectivity index (χ4n) is 0.856. The molecule has 0 aromatic heterocycles. The minimum Gasteiger partial charge on any atom is -0.0848 e. The minimum absolute atomic E-state index is 1.08. The van der Waals surface area contributed by atoms with Gasteiger partial charge in [0.15, 0.2) is 0 Å². The summed E-state index contributed by atoms with van der Waals surface area (Å²) >= 11 is 0. The van der Waals surface area contributed by atoms with E-state index in [1.54, 1.807) is 6.08 Å². The van der Waals surface area contributed by atoms with Crippen molar-refractivity contribution in [1.82, 2.24) is 0 Å². The van der Waals surface area contributed by atoms with Crippen LogP contribution in [0.5, 0.6) is 0 Å². The Kier molecular flexibility index (Phi) is 11.7. The summed E-state index contributed by atoms with van der Waals surface area (Å²) in [7, 11) is 0. The topological polar surface area (TPSA) is 0 Å². The fraction of sp³-hybridized carbons (Fsp3) is 0.125. The number of hydrogen-bond donors (Lipinski definition) is 0. The van der Waals surface area contributed by atoms with Gasteiger partial charge in [0.25, 0.3) is 0 Å². The maximum atomic E-state index is 5.17. The van der Waals surface area contributed by atoms with E-state index in [0.29, 0.717) is 0 Å². The molecule has 0 nitrogen and oxygen atoms in total. The molecule has 0 saturated heterocycles. The van der Waals surface area contributed by atoms with Crippen LogP contribution in [0, 0.1) is 6.58 Å². The highest BCUT2D eigenvalue weighted by Gasteiger charge is 1.64. The summed E-state index contributed by atoms with van der Waals surface area (Å²) < 4.78 is 0. The van der Waals surface area contributed by atoms with E-state index in [1.165, 1.54) is 6.08 Å². The van der Waals surface area contributed by atoms with Gasteiger partial charge in [-0.3, -0.25) is 0 Å². The predicted molar refractivity (Wildman–Crippen MR) is 74.0 cm³/mol. The second kappa shape index (κ2) is 13.2. The molecule has 0 spiro atoms. The van der Waals surface area contributed by atoms with Crippen LogP contribution in [0.15, 0.2) is 79.0 Å². The first-order valence-electron chi connectivity index (χ1n) is 5.45. The molecule has 0 heterocycles. The molecule has 0 aromatic rings. The summed E-state index contributed by atoms with van der Waals surface area (Å²) in [6, 6.07) is 0. The van der Waals surface area contributed by atoms with Crippen LogP contribution in [0.4, 0.5) is 0 Å². The highest BCUT2D eigenvalue weighted by atomic mass is 13.7. The maximum absolute atomic E-state index is 5.17. The van der Waals surface area contributed by atoms with Gasteiger partial charge in [0, 0.05) is 0 Å². The monoisotopic (exact) mass is 211 g/mol. The van der Waals surface area contributed by atoms with Crippen molar-refractivity contribution in [2.24, 2.45) is 0 Å². The lowest BCUT2D eigenvalue weighted by atomic mass is 10.3. The van der Waals surface area contributed by atoms with Gasteiger partial charge in [0.1, 0.15) is 0 Å². The first kappa shape index (κ1) is 14.2. The van der Waals surface area contributed by atoms with Gasteiger partial charge in [0.05, 0.1) is 0 Å². The Morgan fingerprint density at radius 1 is 0.625 bits per heavy atom. The Balaban J connectivity index is 3.74. The van der Waals surface area contributed by atoms with Crippen LogP contribution < -0.4 is 0 Å². The first-order chi connectivity index (χ1) is 7.91. The molecule has 1 radical (unpaired) electrons. The summed E-state index contributed by atoms with van der Waals surface area (Å²) in [6.45, 7) is 7.29. The van der Waals surface area contributed by atoms with Gasteiger partial charge < -0.3 is 0 Å². The van der Waals surface area contributed by atoms with Crippen LogP contribution in [0.2, 0.25) is 0 Å². The van der Waals surface area contributed by atoms with E-state index in [-0.39, 0.29) is 0 Å². The van der Waals surface area contributed by atoms with Crippen LogP contribution in [-0.4, -0.2) is 0 Å². The van der Waals surface area contributed by atoms with Crippen molar-refractivity contribution in [3.05, 3.63) is 85.6 Å². The second-order valence-corrected chi connectivity index (χ2v) is 2.95. The summed E-state index contributed by atoms with van der Waals surface area (Å²) in [5.41, 5.74) is 0. The van der Waals surface area contributed by atoms with Gasteiger partial charge in [0.2, 0.25) is 0 Å². The van der Waals surface area contributed by atoms with Crippen molar-refractivity contribution in [3.8, 4) is 0 Å². The molecule has 0 aromatic carbocycles. The van der Waals surface area contributed by atoms with Crippen LogP contribution in [0.1, 0.15) is 13.3 Å². The molecule has 0 atom stereocenters. The average molecular weight is 211 g/mol. The van der Waals surface area contributed by atoms with Crippen molar-refractivity contribution in [2.45, 2.75) is 13.3 Å². The average Bonchev–Trinajstić information content (AvgIpc) is 2.31. The van der Waals surface area contributed by atoms with Crippen molar-refractivity contribution < 1.29 is 0 Å². The molecule has 0 amide bonds. The highest BCUT2D eigenvalue weighted by molar-refractivity contribution is 5.19. The lowest BCUT2D eigenvalue weighted by Gasteiger charge is -1.75. The van der Waals surface area contributed by atoms with Gasteiger partial charge in [-0.25, -0.2) is 0 Å². The van der Waals surface area contributed by atoms with Crippen LogP contribution in [0.3, 0.4) is 0 Å². The van der Waals surface area contributed by atoms with Gasteiger partial charge >= 0.3 is 0 Å². The van der Waals surface area contributed by atoms with Crippen molar-refractivity contribution in [1.29, 1.82) is 0 Å². The predicted octanol–water partition coefficient (Wildman–Crippen LogP) is 4.72. The molecule has 0 heteroatoms. The lowest BCUT2D eigenvalue weighted by molar-refractivity contribution is 1.22. The third-order valence-corrected chi connectivity index (χ3v) is 1.59. The zero-order valence-corrected chi connectivity index (χ0v) is 9.79. The summed E-state index contributed by atoms with van der Waals surface area (Å²) in [4.78, 5) is 0. The Hall–Kier alpha value is -1.82. The van der Waals surface area contributed by atoms with E-state index in [1.807, 2.05) is 60.8 Å². The molecule has 16 heavy (non-hydrogen) atoms. The molecule has 0 aliphatic rings. The van der Waals surface area contributed by atoms with Crippen LogP contribution in [0.25, 0.3) is 0 Å². The molecule has 0 aliphatic heterocycles. The van der Waals surface area contributed by atoms with E-state index in [4.69, 9.17) is 6.58 Å². The minimum atomic E-state index is 1.08. The summed E-state index contributed by atoms with van der Waals surface area (Å²) in [6.07, 6.45) is 26.2. The number of allylic oxidation sites excluding steroid dienone is 13. The second-order valence-electron chi connectivity index (χ2n) is 2.95. The molecule has 0 rings (SSSR count). The number of rotatable bonds is 7. The molecule has 0 saturated carbocycles. The normalized spacial score (nSPS) is 13.6.